The Hall–Kier alpha value is -3.85. The summed E-state index contributed by atoms with van der Waals surface area (Å²) in [5.41, 5.74) is 0.125. The molecule has 1 saturated heterocycles. The fourth-order valence-electron chi connectivity index (χ4n) is 3.56. The van der Waals surface area contributed by atoms with E-state index in [-0.39, 0.29) is 35.0 Å². The van der Waals surface area contributed by atoms with Crippen LogP contribution in [0.15, 0.2) is 41.3 Å². The third kappa shape index (κ3) is 4.98. The number of amides is 1. The van der Waals surface area contributed by atoms with Crippen LogP contribution in [0.3, 0.4) is 0 Å². The molecule has 1 aromatic carbocycles. The molecule has 4 rings (SSSR count). The molecule has 2 aromatic heterocycles. The summed E-state index contributed by atoms with van der Waals surface area (Å²) in [6.07, 6.45) is -2.31. The zero-order chi connectivity index (χ0) is 23.6. The lowest BCUT2D eigenvalue weighted by Crippen LogP contribution is -2.30. The van der Waals surface area contributed by atoms with Crippen molar-refractivity contribution in [3.8, 4) is 11.8 Å². The van der Waals surface area contributed by atoms with Crippen molar-refractivity contribution in [3.05, 3.63) is 63.7 Å². The van der Waals surface area contributed by atoms with E-state index < -0.39 is 18.0 Å². The number of nitriles is 1. The molecule has 3 heterocycles. The molecular weight excluding hydrogens is 443 g/mol. The van der Waals surface area contributed by atoms with Gasteiger partial charge in [-0.15, -0.1) is 18.3 Å². The van der Waals surface area contributed by atoms with Crippen molar-refractivity contribution in [1.82, 2.24) is 19.5 Å². The van der Waals surface area contributed by atoms with Crippen LogP contribution in [0.25, 0.3) is 5.65 Å². The molecule has 3 aromatic rings. The van der Waals surface area contributed by atoms with Gasteiger partial charge in [-0.3, -0.25) is 4.79 Å². The Morgan fingerprint density at radius 2 is 2.03 bits per heavy atom. The molecule has 12 heteroatoms. The molecule has 0 radical (unpaired) electrons. The number of fused-ring (bicyclic) bond motifs is 1. The lowest BCUT2D eigenvalue weighted by atomic mass is 10.1. The first kappa shape index (κ1) is 22.3. The van der Waals surface area contributed by atoms with Crippen molar-refractivity contribution in [2.45, 2.75) is 31.8 Å². The molecule has 0 bridgehead atoms. The third-order valence-corrected chi connectivity index (χ3v) is 5.20. The first-order chi connectivity index (χ1) is 15.7. The lowest BCUT2D eigenvalue weighted by Gasteiger charge is -2.20. The van der Waals surface area contributed by atoms with Crippen LogP contribution in [-0.4, -0.2) is 39.7 Å². The van der Waals surface area contributed by atoms with E-state index in [1.54, 1.807) is 6.07 Å². The van der Waals surface area contributed by atoms with Crippen LogP contribution in [0.4, 0.5) is 13.2 Å². The number of hydrogen-bond donors (Lipinski definition) is 1. The summed E-state index contributed by atoms with van der Waals surface area (Å²) in [5, 5.41) is 15.7. The van der Waals surface area contributed by atoms with Crippen LogP contribution < -0.4 is 15.7 Å². The van der Waals surface area contributed by atoms with Gasteiger partial charge in [0.1, 0.15) is 5.75 Å². The number of aromatic nitrogens is 3. The first-order valence-corrected chi connectivity index (χ1v) is 10.0. The fourth-order valence-corrected chi connectivity index (χ4v) is 3.56. The quantitative estimate of drug-likeness (QED) is 0.625. The Balaban J connectivity index is 1.53. The minimum Gasteiger partial charge on any atom is -0.405 e. The predicted octanol–water partition coefficient (Wildman–Crippen LogP) is 2.55. The smallest absolute Gasteiger partial charge is 0.405 e. The van der Waals surface area contributed by atoms with Crippen LogP contribution in [0.2, 0.25) is 0 Å². The van der Waals surface area contributed by atoms with Gasteiger partial charge in [0.2, 0.25) is 0 Å². The number of halogens is 3. The van der Waals surface area contributed by atoms with Gasteiger partial charge in [-0.05, 0) is 37.1 Å². The molecule has 1 amide bonds. The molecule has 0 saturated carbocycles. The minimum atomic E-state index is -4.95. The SMILES string of the molecule is N#Cc1ccc(CNC(=O)c2ccc3nn(C4CCOCC4)c(=O)n3c2)c(OC(F)(F)F)c1. The highest BCUT2D eigenvalue weighted by atomic mass is 19.4. The zero-order valence-corrected chi connectivity index (χ0v) is 17.1. The largest absolute Gasteiger partial charge is 0.573 e. The Bertz CT molecular complexity index is 1290. The monoisotopic (exact) mass is 461 g/mol. The maximum absolute atomic E-state index is 12.8. The van der Waals surface area contributed by atoms with Gasteiger partial charge in [0.25, 0.3) is 5.91 Å². The van der Waals surface area contributed by atoms with E-state index in [2.05, 4.69) is 15.2 Å². The van der Waals surface area contributed by atoms with Gasteiger partial charge in [-0.25, -0.2) is 13.9 Å². The number of pyridine rings is 1. The van der Waals surface area contributed by atoms with E-state index in [4.69, 9.17) is 10.00 Å². The summed E-state index contributed by atoms with van der Waals surface area (Å²) < 4.78 is 50.0. The molecule has 0 unspecified atom stereocenters. The molecule has 1 aliphatic heterocycles. The van der Waals surface area contributed by atoms with Crippen molar-refractivity contribution < 1.29 is 27.4 Å². The summed E-state index contributed by atoms with van der Waals surface area (Å²) in [5.74, 6) is -1.18. The maximum Gasteiger partial charge on any atom is 0.573 e. The molecule has 1 aliphatic rings. The van der Waals surface area contributed by atoms with E-state index in [9.17, 15) is 22.8 Å². The Labute approximate surface area is 184 Å². The second-order valence-electron chi connectivity index (χ2n) is 7.38. The Morgan fingerprint density at radius 1 is 1.27 bits per heavy atom. The number of rotatable bonds is 5. The number of carbonyl (C=O) groups excluding carboxylic acids is 1. The predicted molar refractivity (Wildman–Crippen MR) is 108 cm³/mol. The second-order valence-corrected chi connectivity index (χ2v) is 7.38. The Morgan fingerprint density at radius 3 is 2.73 bits per heavy atom. The molecule has 1 fully saturated rings. The molecule has 1 N–H and O–H groups in total. The van der Waals surface area contributed by atoms with Gasteiger partial charge in [0, 0.05) is 31.5 Å². The fraction of sp³-hybridized carbons (Fsp3) is 0.333. The van der Waals surface area contributed by atoms with E-state index >= 15 is 0 Å². The molecule has 9 nitrogen and oxygen atoms in total. The van der Waals surface area contributed by atoms with Gasteiger partial charge in [0.05, 0.1) is 23.2 Å². The summed E-state index contributed by atoms with van der Waals surface area (Å²) in [4.78, 5) is 25.4. The van der Waals surface area contributed by atoms with Crippen LogP contribution in [0.5, 0.6) is 5.75 Å². The lowest BCUT2D eigenvalue weighted by molar-refractivity contribution is -0.274. The molecule has 0 aliphatic carbocycles. The van der Waals surface area contributed by atoms with Gasteiger partial charge < -0.3 is 14.8 Å². The Kier molecular flexibility index (Phi) is 6.06. The molecule has 0 spiro atoms. The van der Waals surface area contributed by atoms with Crippen molar-refractivity contribution in [1.29, 1.82) is 5.26 Å². The number of hydrogen-bond acceptors (Lipinski definition) is 6. The van der Waals surface area contributed by atoms with Gasteiger partial charge in [0.15, 0.2) is 5.65 Å². The summed E-state index contributed by atoms with van der Waals surface area (Å²) in [6.45, 7) is 0.784. The van der Waals surface area contributed by atoms with Crippen LogP contribution >= 0.6 is 0 Å². The average Bonchev–Trinajstić information content (AvgIpc) is 3.13. The van der Waals surface area contributed by atoms with Gasteiger partial charge >= 0.3 is 12.1 Å². The number of nitrogens with one attached hydrogen (secondary N) is 1. The molecule has 0 atom stereocenters. The van der Waals surface area contributed by atoms with Gasteiger partial charge in [-0.1, -0.05) is 6.07 Å². The number of benzene rings is 1. The summed E-state index contributed by atoms with van der Waals surface area (Å²) in [6, 6.07) is 8.18. The van der Waals surface area contributed by atoms with E-state index in [1.165, 1.54) is 39.5 Å². The highest BCUT2D eigenvalue weighted by molar-refractivity contribution is 5.94. The number of carbonyl (C=O) groups is 1. The normalized spacial score (nSPS) is 14.7. The van der Waals surface area contributed by atoms with Crippen molar-refractivity contribution in [2.75, 3.05) is 13.2 Å². The van der Waals surface area contributed by atoms with E-state index in [0.29, 0.717) is 31.7 Å². The van der Waals surface area contributed by atoms with Crippen molar-refractivity contribution in [2.24, 2.45) is 0 Å². The third-order valence-electron chi connectivity index (χ3n) is 5.20. The average molecular weight is 461 g/mol. The van der Waals surface area contributed by atoms with E-state index in [1.807, 2.05) is 0 Å². The maximum atomic E-state index is 12.8. The van der Waals surface area contributed by atoms with Crippen LogP contribution in [0, 0.1) is 11.3 Å². The summed E-state index contributed by atoms with van der Waals surface area (Å²) >= 11 is 0. The molecular formula is C21H18F3N5O4. The van der Waals surface area contributed by atoms with E-state index in [0.717, 1.165) is 6.07 Å². The van der Waals surface area contributed by atoms with Crippen LogP contribution in [0.1, 0.15) is 40.4 Å². The highest BCUT2D eigenvalue weighted by Gasteiger charge is 2.32. The number of ether oxygens (including phenoxy) is 2. The zero-order valence-electron chi connectivity index (χ0n) is 17.1. The standard InChI is InChI=1S/C21H18F3N5O4/c22-21(23,24)33-17-9-13(10-25)1-2-14(17)11-26-19(30)15-3-4-18-27-29(20(31)28(18)12-15)16-5-7-32-8-6-16/h1-4,9,12,16H,5-8,11H2,(H,26,30). The summed E-state index contributed by atoms with van der Waals surface area (Å²) in [7, 11) is 0. The molecule has 33 heavy (non-hydrogen) atoms. The molecule has 172 valence electrons. The van der Waals surface area contributed by atoms with Crippen molar-refractivity contribution in [3.63, 3.8) is 0 Å². The number of alkyl halides is 3. The number of nitrogens with zero attached hydrogens (tertiary/aromatic N) is 4. The van der Waals surface area contributed by atoms with Crippen LogP contribution in [-0.2, 0) is 11.3 Å². The highest BCUT2D eigenvalue weighted by Crippen LogP contribution is 2.27. The topological polar surface area (TPSA) is 111 Å². The van der Waals surface area contributed by atoms with Crippen molar-refractivity contribution >= 4 is 11.6 Å². The minimum absolute atomic E-state index is 0.0179. The second kappa shape index (κ2) is 8.95. The first-order valence-electron chi connectivity index (χ1n) is 10.0. The van der Waals surface area contributed by atoms with Gasteiger partial charge in [-0.2, -0.15) is 5.26 Å².